The van der Waals surface area contributed by atoms with Crippen molar-refractivity contribution in [3.8, 4) is 11.1 Å². The molecular weight excluding hydrogens is 270 g/mol. The van der Waals surface area contributed by atoms with Crippen molar-refractivity contribution in [3.05, 3.63) is 58.9 Å². The SMILES string of the molecule is CC(=O)CCc1cc(-c2cnccc2C)cc2c1C=CCC2. The van der Waals surface area contributed by atoms with Gasteiger partial charge in [-0.05, 0) is 67.0 Å². The molecule has 0 saturated carbocycles. The van der Waals surface area contributed by atoms with E-state index in [0.29, 0.717) is 6.42 Å². The molecule has 112 valence electrons. The van der Waals surface area contributed by atoms with Crippen molar-refractivity contribution in [1.29, 1.82) is 0 Å². The molecule has 0 saturated heterocycles. The summed E-state index contributed by atoms with van der Waals surface area (Å²) in [5.74, 6) is 0.247. The van der Waals surface area contributed by atoms with Crippen LogP contribution in [0.5, 0.6) is 0 Å². The van der Waals surface area contributed by atoms with Crippen molar-refractivity contribution in [1.82, 2.24) is 4.98 Å². The summed E-state index contributed by atoms with van der Waals surface area (Å²) in [6, 6.07) is 6.57. The number of carbonyl (C=O) groups is 1. The second-order valence-corrected chi connectivity index (χ2v) is 6.04. The average Bonchev–Trinajstić information content (AvgIpc) is 2.52. The first kappa shape index (κ1) is 14.7. The molecule has 0 aliphatic heterocycles. The summed E-state index contributed by atoms with van der Waals surface area (Å²) in [5.41, 5.74) is 7.63. The normalized spacial score (nSPS) is 13.0. The first-order chi connectivity index (χ1) is 10.6. The van der Waals surface area contributed by atoms with E-state index in [9.17, 15) is 4.79 Å². The molecule has 2 aromatic rings. The highest BCUT2D eigenvalue weighted by atomic mass is 16.1. The zero-order valence-corrected chi connectivity index (χ0v) is 13.2. The smallest absolute Gasteiger partial charge is 0.130 e. The van der Waals surface area contributed by atoms with Crippen molar-refractivity contribution in [2.24, 2.45) is 0 Å². The number of allylic oxidation sites excluding steroid dienone is 1. The van der Waals surface area contributed by atoms with Crippen LogP contribution in [-0.2, 0) is 17.6 Å². The van der Waals surface area contributed by atoms with Gasteiger partial charge in [-0.15, -0.1) is 0 Å². The van der Waals surface area contributed by atoms with E-state index in [1.54, 1.807) is 6.92 Å². The summed E-state index contributed by atoms with van der Waals surface area (Å²) >= 11 is 0. The standard InChI is InChI=1S/C20H21NO/c1-14-9-10-21-13-20(14)18-11-16-5-3-4-6-19(16)17(12-18)8-7-15(2)22/h4,6,9-13H,3,5,7-8H2,1-2H3. The quantitative estimate of drug-likeness (QED) is 0.828. The number of aryl methyl sites for hydroxylation is 3. The Morgan fingerprint density at radius 3 is 2.95 bits per heavy atom. The molecule has 1 aliphatic carbocycles. The maximum absolute atomic E-state index is 11.4. The zero-order chi connectivity index (χ0) is 15.5. The number of hydrogen-bond donors (Lipinski definition) is 0. The lowest BCUT2D eigenvalue weighted by Gasteiger charge is -2.18. The van der Waals surface area contributed by atoms with E-state index < -0.39 is 0 Å². The van der Waals surface area contributed by atoms with Gasteiger partial charge >= 0.3 is 0 Å². The number of fused-ring (bicyclic) bond motifs is 1. The molecule has 2 heteroatoms. The van der Waals surface area contributed by atoms with Gasteiger partial charge in [0.1, 0.15) is 5.78 Å². The number of rotatable bonds is 4. The molecule has 0 fully saturated rings. The monoisotopic (exact) mass is 291 g/mol. The van der Waals surface area contributed by atoms with Crippen LogP contribution < -0.4 is 0 Å². The number of aromatic nitrogens is 1. The van der Waals surface area contributed by atoms with Crippen molar-refractivity contribution >= 4 is 11.9 Å². The van der Waals surface area contributed by atoms with Gasteiger partial charge in [-0.3, -0.25) is 4.98 Å². The Balaban J connectivity index is 2.09. The summed E-state index contributed by atoms with van der Waals surface area (Å²) in [4.78, 5) is 15.6. The van der Waals surface area contributed by atoms with Crippen molar-refractivity contribution in [3.63, 3.8) is 0 Å². The van der Waals surface area contributed by atoms with Crippen LogP contribution in [0.25, 0.3) is 17.2 Å². The largest absolute Gasteiger partial charge is 0.300 e. The molecule has 0 N–H and O–H groups in total. The van der Waals surface area contributed by atoms with Gasteiger partial charge in [-0.25, -0.2) is 0 Å². The van der Waals surface area contributed by atoms with Gasteiger partial charge in [0.25, 0.3) is 0 Å². The molecule has 0 radical (unpaired) electrons. The highest BCUT2D eigenvalue weighted by Gasteiger charge is 2.13. The van der Waals surface area contributed by atoms with Gasteiger partial charge < -0.3 is 4.79 Å². The number of benzene rings is 1. The Bertz CT molecular complexity index is 743. The number of pyridine rings is 1. The fourth-order valence-electron chi connectivity index (χ4n) is 3.08. The Kier molecular flexibility index (Phi) is 4.19. The number of hydrogen-bond acceptors (Lipinski definition) is 2. The van der Waals surface area contributed by atoms with E-state index in [-0.39, 0.29) is 5.78 Å². The van der Waals surface area contributed by atoms with Crippen molar-refractivity contribution < 1.29 is 4.79 Å². The predicted octanol–water partition coefficient (Wildman–Crippen LogP) is 4.54. The Morgan fingerprint density at radius 1 is 1.32 bits per heavy atom. The first-order valence-electron chi connectivity index (χ1n) is 7.88. The summed E-state index contributed by atoms with van der Waals surface area (Å²) in [6.07, 6.45) is 11.8. The van der Waals surface area contributed by atoms with Crippen LogP contribution in [0, 0.1) is 6.92 Å². The average molecular weight is 291 g/mol. The third kappa shape index (κ3) is 3.01. The van der Waals surface area contributed by atoms with Crippen molar-refractivity contribution in [2.75, 3.05) is 0 Å². The van der Waals surface area contributed by atoms with Crippen LogP contribution >= 0.6 is 0 Å². The van der Waals surface area contributed by atoms with Gasteiger partial charge in [0.15, 0.2) is 0 Å². The topological polar surface area (TPSA) is 30.0 Å². The molecule has 3 rings (SSSR count). The van der Waals surface area contributed by atoms with E-state index >= 15 is 0 Å². The second-order valence-electron chi connectivity index (χ2n) is 6.04. The van der Waals surface area contributed by atoms with Gasteiger partial charge in [0.2, 0.25) is 0 Å². The van der Waals surface area contributed by atoms with Crippen LogP contribution in [0.2, 0.25) is 0 Å². The lowest BCUT2D eigenvalue weighted by molar-refractivity contribution is -0.116. The molecule has 0 unspecified atom stereocenters. The van der Waals surface area contributed by atoms with Crippen LogP contribution in [0.3, 0.4) is 0 Å². The van der Waals surface area contributed by atoms with Gasteiger partial charge in [-0.2, -0.15) is 0 Å². The van der Waals surface area contributed by atoms with Crippen LogP contribution in [0.15, 0.2) is 36.7 Å². The van der Waals surface area contributed by atoms with Gasteiger partial charge in [0.05, 0.1) is 0 Å². The minimum atomic E-state index is 0.247. The summed E-state index contributed by atoms with van der Waals surface area (Å²) in [6.45, 7) is 3.78. The van der Waals surface area contributed by atoms with E-state index in [4.69, 9.17) is 0 Å². The molecule has 1 aromatic heterocycles. The predicted molar refractivity (Wildman–Crippen MR) is 90.8 cm³/mol. The highest BCUT2D eigenvalue weighted by molar-refractivity contribution is 5.77. The fourth-order valence-corrected chi connectivity index (χ4v) is 3.08. The molecule has 1 aliphatic rings. The number of ketones is 1. The number of carbonyl (C=O) groups excluding carboxylic acids is 1. The van der Waals surface area contributed by atoms with E-state index in [1.165, 1.54) is 33.4 Å². The molecule has 0 bridgehead atoms. The Hall–Kier alpha value is -2.22. The maximum Gasteiger partial charge on any atom is 0.130 e. The maximum atomic E-state index is 11.4. The van der Waals surface area contributed by atoms with Crippen LogP contribution in [-0.4, -0.2) is 10.8 Å². The number of nitrogens with zero attached hydrogens (tertiary/aromatic N) is 1. The molecule has 22 heavy (non-hydrogen) atoms. The minimum absolute atomic E-state index is 0.247. The van der Waals surface area contributed by atoms with Gasteiger partial charge in [-0.1, -0.05) is 24.3 Å². The summed E-state index contributed by atoms with van der Waals surface area (Å²) in [7, 11) is 0. The minimum Gasteiger partial charge on any atom is -0.300 e. The summed E-state index contributed by atoms with van der Waals surface area (Å²) < 4.78 is 0. The van der Waals surface area contributed by atoms with E-state index in [1.807, 2.05) is 18.5 Å². The van der Waals surface area contributed by atoms with Crippen LogP contribution in [0.4, 0.5) is 0 Å². The summed E-state index contributed by atoms with van der Waals surface area (Å²) in [5, 5.41) is 0. The molecule has 2 nitrogen and oxygen atoms in total. The van der Waals surface area contributed by atoms with E-state index in [2.05, 4.69) is 36.2 Å². The van der Waals surface area contributed by atoms with E-state index in [0.717, 1.165) is 19.3 Å². The molecule has 0 atom stereocenters. The zero-order valence-electron chi connectivity index (χ0n) is 13.2. The molecule has 1 heterocycles. The fraction of sp³-hybridized carbons (Fsp3) is 0.300. The first-order valence-corrected chi connectivity index (χ1v) is 7.88. The highest BCUT2D eigenvalue weighted by Crippen LogP contribution is 2.31. The molecule has 1 aromatic carbocycles. The second kappa shape index (κ2) is 6.27. The Morgan fingerprint density at radius 2 is 2.18 bits per heavy atom. The third-order valence-corrected chi connectivity index (χ3v) is 4.31. The van der Waals surface area contributed by atoms with Crippen molar-refractivity contribution in [2.45, 2.75) is 39.5 Å². The molecule has 0 spiro atoms. The number of Topliss-reactive ketones (excluding diaryl/α,β-unsaturated/α-hetero) is 1. The Labute approximate surface area is 131 Å². The van der Waals surface area contributed by atoms with Crippen LogP contribution in [0.1, 0.15) is 42.0 Å². The lowest BCUT2D eigenvalue weighted by atomic mass is 9.87. The molecule has 0 amide bonds. The lowest BCUT2D eigenvalue weighted by Crippen LogP contribution is -2.03. The third-order valence-electron chi connectivity index (χ3n) is 4.31. The van der Waals surface area contributed by atoms with Gasteiger partial charge in [0, 0.05) is 24.4 Å². The molecular formula is C20H21NO.